The van der Waals surface area contributed by atoms with E-state index in [1.165, 1.54) is 10.9 Å². The van der Waals surface area contributed by atoms with Gasteiger partial charge in [0.2, 0.25) is 0 Å². The van der Waals surface area contributed by atoms with Crippen LogP contribution in [-0.4, -0.2) is 267 Å². The number of nitrogens with zero attached hydrogens (tertiary/aromatic N) is 17. The number of aliphatic hydroxyl groups excluding tert-OH is 6. The molecular weight excluding hydrogens is 1560 g/mol. The number of hydrogen-bond donors (Lipinski definition) is 16. The van der Waals surface area contributed by atoms with Gasteiger partial charge in [-0.25, -0.2) is 82.9 Å². The molecule has 14 rings (SSSR count). The molecule has 108 heavy (non-hydrogen) atoms. The Balaban J connectivity index is 0.689. The average Bonchev–Trinajstić information content (AvgIpc) is 1.64. The Kier molecular flexibility index (Phi) is 21.4. The van der Waals surface area contributed by atoms with E-state index < -0.39 is 207 Å². The van der Waals surface area contributed by atoms with Gasteiger partial charge in [-0.15, -0.1) is 9.42 Å². The molecule has 0 aliphatic carbocycles. The van der Waals surface area contributed by atoms with Crippen molar-refractivity contribution in [3.63, 3.8) is 0 Å². The number of hydrogen-bond acceptors (Lipinski definition) is 43. The summed E-state index contributed by atoms with van der Waals surface area (Å²) in [6.07, 6.45) is -29.5. The third-order valence-electron chi connectivity index (χ3n) is 17.3. The number of aromatic amines is 1. The van der Waals surface area contributed by atoms with E-state index in [1.807, 2.05) is 4.98 Å². The average molecular weight is 1620 g/mol. The molecule has 0 aromatic carbocycles. The maximum atomic E-state index is 14.4. The van der Waals surface area contributed by atoms with E-state index in [0.29, 0.717) is 4.57 Å². The maximum absolute atomic E-state index is 14.4. The highest BCUT2D eigenvalue weighted by atomic mass is 31.2. The first-order valence-corrected chi connectivity index (χ1v) is 38.2. The summed E-state index contributed by atoms with van der Waals surface area (Å²) < 4.78 is 150. The van der Waals surface area contributed by atoms with Crippen molar-refractivity contribution >= 4 is 107 Å². The SMILES string of the molecule is Nc1ncnc2c1ncn2[C@@H]1O[C@H](COP(=O)(O)O[C@H]2[C@@H](O)[C@H](n3cnc4c(N)ncnc43)O[C@@H]2COP(=O)(O)O[C@H]2[C@@H](O)[C@H](n3cnc4c(N)ncnc43)O[C@@H]2COP(=O)(O)O[C@H]2[C@@H](O)[C@H](n3ccc(=O)[nH]c3=O)O[C@@H]2COP(=O)(O)O[C@H]2[C@@H](O)[C@H](n3cnc4c(N)ncnc43)O[C@@H]2CO[P+](=O)O)[C@@H](O)[C@H]1O. The number of phosphoric ester groups is 4. The van der Waals surface area contributed by atoms with Gasteiger partial charge in [0.25, 0.3) is 5.56 Å². The Bertz CT molecular complexity index is 5200. The summed E-state index contributed by atoms with van der Waals surface area (Å²) in [4.78, 5) is 130. The predicted molar refractivity (Wildman–Crippen MR) is 344 cm³/mol. The number of fused-ring (bicyclic) bond motifs is 4. The molecule has 5 fully saturated rings. The van der Waals surface area contributed by atoms with E-state index in [0.717, 1.165) is 70.3 Å². The Morgan fingerprint density at radius 2 is 0.685 bits per heavy atom. The largest absolute Gasteiger partial charge is 0.694 e. The number of imidazole rings is 4. The molecule has 59 heteroatoms. The zero-order valence-electron chi connectivity index (χ0n) is 54.0. The van der Waals surface area contributed by atoms with Gasteiger partial charge < -0.3 is 96.8 Å². The van der Waals surface area contributed by atoms with Crippen LogP contribution in [0.25, 0.3) is 44.7 Å². The molecule has 0 amide bonds. The Morgan fingerprint density at radius 3 is 0.991 bits per heavy atom. The van der Waals surface area contributed by atoms with Crippen LogP contribution in [0.3, 0.4) is 0 Å². The van der Waals surface area contributed by atoms with Crippen LogP contribution < -0.4 is 34.2 Å². The lowest BCUT2D eigenvalue weighted by molar-refractivity contribution is -0.0646. The van der Waals surface area contributed by atoms with Crippen molar-refractivity contribution in [1.29, 1.82) is 0 Å². The lowest BCUT2D eigenvalue weighted by Gasteiger charge is -2.27. The number of rotatable bonds is 28. The molecule has 25 atom stereocenters. The lowest BCUT2D eigenvalue weighted by Crippen LogP contribution is -2.39. The third-order valence-corrected chi connectivity index (χ3v) is 21.6. The Morgan fingerprint density at radius 1 is 0.407 bits per heavy atom. The van der Waals surface area contributed by atoms with Crippen LogP contribution in [0.1, 0.15) is 31.1 Å². The quantitative estimate of drug-likeness (QED) is 0.0204. The van der Waals surface area contributed by atoms with Gasteiger partial charge in [0.05, 0.1) is 51.7 Å². The number of nitrogens with one attached hydrogen (secondary N) is 1. The molecule has 54 nitrogen and oxygen atoms in total. The van der Waals surface area contributed by atoms with Gasteiger partial charge in [0.15, 0.2) is 77.0 Å². The maximum Gasteiger partial charge on any atom is 0.694 e. The molecule has 14 heterocycles. The van der Waals surface area contributed by atoms with E-state index in [1.54, 1.807) is 0 Å². The summed E-state index contributed by atoms with van der Waals surface area (Å²) in [5.41, 5.74) is 21.5. The van der Waals surface area contributed by atoms with E-state index in [-0.39, 0.29) is 67.9 Å². The molecule has 5 unspecified atom stereocenters. The fourth-order valence-corrected chi connectivity index (χ4v) is 16.5. The number of aromatic nitrogens is 18. The van der Waals surface area contributed by atoms with Crippen molar-refractivity contribution in [2.75, 3.05) is 56.0 Å². The van der Waals surface area contributed by atoms with Crippen molar-refractivity contribution in [1.82, 2.24) is 87.6 Å². The first-order chi connectivity index (χ1) is 51.2. The second kappa shape index (κ2) is 30.1. The third kappa shape index (κ3) is 15.3. The molecular formula is C49H60N22O32P5+. The smallest absolute Gasteiger partial charge is 0.387 e. The molecule has 0 radical (unpaired) electrons. The first-order valence-electron chi connectivity index (χ1n) is 31.1. The Labute approximate surface area is 598 Å². The molecule has 0 bridgehead atoms. The van der Waals surface area contributed by atoms with E-state index >= 15 is 0 Å². The molecule has 5 aliphatic heterocycles. The molecule has 9 aromatic heterocycles. The van der Waals surface area contributed by atoms with Crippen molar-refractivity contribution in [2.45, 2.75) is 123 Å². The highest BCUT2D eigenvalue weighted by Crippen LogP contribution is 2.56. The van der Waals surface area contributed by atoms with Crippen LogP contribution in [0.15, 0.2) is 72.5 Å². The van der Waals surface area contributed by atoms with Crippen molar-refractivity contribution in [3.8, 4) is 0 Å². The molecule has 582 valence electrons. The minimum absolute atomic E-state index is 0.0185. The Hall–Kier alpha value is -7.90. The van der Waals surface area contributed by atoms with Gasteiger partial charge in [0.1, 0.15) is 146 Å². The number of H-pyrrole nitrogens is 1. The normalized spacial score (nSPS) is 31.9. The van der Waals surface area contributed by atoms with Crippen molar-refractivity contribution in [3.05, 3.63) is 83.7 Å². The summed E-state index contributed by atoms with van der Waals surface area (Å²) >= 11 is 0. The second-order valence-electron chi connectivity index (χ2n) is 24.0. The highest BCUT2D eigenvalue weighted by Gasteiger charge is 2.57. The minimum Gasteiger partial charge on any atom is -0.387 e. The second-order valence-corrected chi connectivity index (χ2v) is 30.3. The van der Waals surface area contributed by atoms with Gasteiger partial charge in [0, 0.05) is 16.8 Å². The number of phosphoric acid groups is 4. The summed E-state index contributed by atoms with van der Waals surface area (Å²) in [6, 6.07) is 0.798. The number of ether oxygens (including phenoxy) is 5. The molecule has 9 aromatic rings. The van der Waals surface area contributed by atoms with Gasteiger partial charge >= 0.3 is 45.2 Å². The minimum atomic E-state index is -5.89. The summed E-state index contributed by atoms with van der Waals surface area (Å²) in [5.74, 6) is -0.459. The van der Waals surface area contributed by atoms with Gasteiger partial charge in [-0.1, -0.05) is 0 Å². The van der Waals surface area contributed by atoms with Crippen LogP contribution in [0.2, 0.25) is 0 Å². The fraction of sp³-hybridized carbons (Fsp3) is 0.510. The molecule has 0 saturated carbocycles. The predicted octanol–water partition coefficient (Wildman–Crippen LogP) is -5.45. The van der Waals surface area contributed by atoms with Crippen LogP contribution in [0.4, 0.5) is 23.3 Å². The molecule has 0 spiro atoms. The molecule has 20 N–H and O–H groups in total. The molecule has 5 aliphatic rings. The summed E-state index contributed by atoms with van der Waals surface area (Å²) in [5, 5.41) is 69.3. The van der Waals surface area contributed by atoms with Crippen LogP contribution >= 0.6 is 39.5 Å². The van der Waals surface area contributed by atoms with Crippen molar-refractivity contribution < 1.29 is 142 Å². The lowest BCUT2D eigenvalue weighted by atomic mass is 10.1. The highest BCUT2D eigenvalue weighted by molar-refractivity contribution is 7.48. The molecule has 5 saturated heterocycles. The van der Waals surface area contributed by atoms with E-state index in [4.69, 9.17) is 87.3 Å². The monoisotopic (exact) mass is 1620 g/mol. The number of nitrogen functional groups attached to an aromatic ring is 4. The summed E-state index contributed by atoms with van der Waals surface area (Å²) in [6.45, 7) is -5.81. The van der Waals surface area contributed by atoms with E-state index in [9.17, 15) is 87.5 Å². The van der Waals surface area contributed by atoms with Crippen molar-refractivity contribution in [2.24, 2.45) is 0 Å². The number of nitrogens with two attached hydrogens (primary N) is 4. The van der Waals surface area contributed by atoms with Gasteiger partial charge in [-0.3, -0.25) is 68.8 Å². The topological polar surface area (TPSA) is 770 Å². The standard InChI is InChI=1S/C49H59N22O32P5/c50-36-22-40(58-8-54-36)68(12-62-22)44-27(74)26(73)16(95-44)4-91-105(82,83)102-34-19(98-47(30(34)77)70-14-64-24-38(52)56-10-60-42(24)70)6-94-108(88,89)103-35-20(99-48(31(35)78)71-15-65-25-39(53)57-11-61-43(25)71)7-93-107(86,87)101-33-18(97-45(28(33)75)67-2-1-21(72)66-49(67)79)5-92-106(84,85)100-32-17(3-90-104(80)81)96-46(29(32)76)69-13-63-23-37(51)55-9-59-41(23)69/h1-2,8-20,26-35,44-48,73-78H,3-7H2,(H13-,50,51,52,53,54,55,56,57,58,59,60,61,66,72,79,80,81,82,83,84,85,86,87,88,89)/p+1/t16-,17-,18-,19-,20-,26-,27-,28-,29-,30-,31-,32-,33-,34-,35-,44-,45-,46-,47-,48-/m1/s1. The van der Waals surface area contributed by atoms with Gasteiger partial charge in [-0.05, 0) is 0 Å². The van der Waals surface area contributed by atoms with Crippen LogP contribution in [-0.2, 0) is 87.2 Å². The van der Waals surface area contributed by atoms with Crippen LogP contribution in [0.5, 0.6) is 0 Å². The van der Waals surface area contributed by atoms with Crippen LogP contribution in [0, 0.1) is 0 Å². The zero-order chi connectivity index (χ0) is 76.8. The summed E-state index contributed by atoms with van der Waals surface area (Å²) in [7, 11) is -26.3. The number of anilines is 4. The van der Waals surface area contributed by atoms with E-state index in [2.05, 4.69) is 59.8 Å². The number of aliphatic hydroxyl groups is 6. The zero-order valence-corrected chi connectivity index (χ0v) is 58.5. The van der Waals surface area contributed by atoms with Gasteiger partial charge in [-0.2, -0.15) is 0 Å². The first kappa shape index (κ1) is 76.9. The fourth-order valence-electron chi connectivity index (χ4n) is 12.3.